The predicted octanol–water partition coefficient (Wildman–Crippen LogP) is 13.1. The lowest BCUT2D eigenvalue weighted by atomic mass is 10.00. The first-order chi connectivity index (χ1) is 27.2. The molecule has 55 heavy (non-hydrogen) atoms. The molecule has 0 fully saturated rings. The van der Waals surface area contributed by atoms with Crippen LogP contribution in [0.5, 0.6) is 0 Å². The summed E-state index contributed by atoms with van der Waals surface area (Å²) in [6.07, 6.45) is 0. The van der Waals surface area contributed by atoms with Crippen molar-refractivity contribution in [1.82, 2.24) is 13.7 Å². The molecule has 0 amide bonds. The zero-order chi connectivity index (χ0) is 36.6. The molecule has 0 N–H and O–H groups in total. The Labute approximate surface area is 316 Å². The van der Waals surface area contributed by atoms with Gasteiger partial charge >= 0.3 is 0 Å². The van der Waals surface area contributed by atoms with E-state index in [0.29, 0.717) is 11.3 Å². The van der Waals surface area contributed by atoms with Crippen molar-refractivity contribution in [2.75, 3.05) is 0 Å². The molecular weight excluding hydrogens is 671 g/mol. The minimum Gasteiger partial charge on any atom is -0.311 e. The number of benzene rings is 8. The molecule has 11 aromatic rings. The molecule has 0 aliphatic carbocycles. The highest BCUT2D eigenvalue weighted by Gasteiger charge is 2.21. The van der Waals surface area contributed by atoms with Crippen molar-refractivity contribution in [3.63, 3.8) is 0 Å². The second-order valence-corrected chi connectivity index (χ2v) is 13.9. The highest BCUT2D eigenvalue weighted by molar-refractivity contribution is 6.17. The maximum atomic E-state index is 10.1. The van der Waals surface area contributed by atoms with Gasteiger partial charge in [-0.3, -0.25) is 0 Å². The molecule has 5 nitrogen and oxygen atoms in total. The van der Waals surface area contributed by atoms with E-state index in [1.54, 1.807) is 0 Å². The molecule has 0 saturated heterocycles. The molecule has 5 heteroatoms. The van der Waals surface area contributed by atoms with Crippen molar-refractivity contribution < 1.29 is 0 Å². The first kappa shape index (κ1) is 30.7. The van der Waals surface area contributed by atoms with Crippen molar-refractivity contribution in [2.45, 2.75) is 0 Å². The van der Waals surface area contributed by atoms with Gasteiger partial charge in [0.15, 0.2) is 5.69 Å². The molecule has 0 aliphatic heterocycles. The lowest BCUT2D eigenvalue weighted by molar-refractivity contribution is 1.16. The molecule has 0 atom stereocenters. The fourth-order valence-electron chi connectivity index (χ4n) is 8.82. The fraction of sp³-hybridized carbons (Fsp3) is 0. The molecule has 0 radical (unpaired) electrons. The summed E-state index contributed by atoms with van der Waals surface area (Å²) in [4.78, 5) is 3.86. The van der Waals surface area contributed by atoms with E-state index in [1.165, 1.54) is 27.2 Å². The lowest BCUT2D eigenvalue weighted by Gasteiger charge is -2.16. The normalized spacial score (nSPS) is 11.6. The fourth-order valence-corrected chi connectivity index (χ4v) is 8.82. The molecular formula is C50H29N5. The molecule has 8 aromatic carbocycles. The predicted molar refractivity (Wildman–Crippen MR) is 226 cm³/mol. The number of aromatic nitrogens is 3. The van der Waals surface area contributed by atoms with E-state index < -0.39 is 0 Å². The van der Waals surface area contributed by atoms with Crippen LogP contribution in [0.25, 0.3) is 98.5 Å². The summed E-state index contributed by atoms with van der Waals surface area (Å²) in [5.74, 6) is 0. The van der Waals surface area contributed by atoms with Crippen molar-refractivity contribution in [2.24, 2.45) is 0 Å². The summed E-state index contributed by atoms with van der Waals surface area (Å²) >= 11 is 0. The Morgan fingerprint density at radius 3 is 1.58 bits per heavy atom. The van der Waals surface area contributed by atoms with Gasteiger partial charge in [0.2, 0.25) is 0 Å². The van der Waals surface area contributed by atoms with Gasteiger partial charge in [0.1, 0.15) is 0 Å². The highest BCUT2D eigenvalue weighted by Crippen LogP contribution is 2.42. The third-order valence-corrected chi connectivity index (χ3v) is 11.1. The van der Waals surface area contributed by atoms with Crippen molar-refractivity contribution in [1.29, 1.82) is 5.26 Å². The van der Waals surface area contributed by atoms with Crippen LogP contribution in [0.4, 0.5) is 5.69 Å². The van der Waals surface area contributed by atoms with Gasteiger partial charge in [-0.2, -0.15) is 5.26 Å². The number of hydrogen-bond donors (Lipinski definition) is 0. The smallest absolute Gasteiger partial charge is 0.197 e. The summed E-state index contributed by atoms with van der Waals surface area (Å²) in [5, 5.41) is 16.9. The van der Waals surface area contributed by atoms with Gasteiger partial charge in [-0.25, -0.2) is 4.85 Å². The monoisotopic (exact) mass is 699 g/mol. The van der Waals surface area contributed by atoms with E-state index in [1.807, 2.05) is 36.4 Å². The third kappa shape index (κ3) is 4.39. The van der Waals surface area contributed by atoms with Crippen LogP contribution in [0.2, 0.25) is 0 Å². The molecule has 11 rings (SSSR count). The Hall–Kier alpha value is -7.86. The Morgan fingerprint density at radius 1 is 0.436 bits per heavy atom. The van der Waals surface area contributed by atoms with Gasteiger partial charge in [0.25, 0.3) is 0 Å². The number of nitriles is 1. The van der Waals surface area contributed by atoms with Crippen LogP contribution in [-0.4, -0.2) is 13.7 Å². The largest absolute Gasteiger partial charge is 0.311 e. The summed E-state index contributed by atoms with van der Waals surface area (Å²) in [5.41, 5.74) is 12.9. The summed E-state index contributed by atoms with van der Waals surface area (Å²) in [6.45, 7) is 7.85. The second-order valence-electron chi connectivity index (χ2n) is 13.9. The Balaban J connectivity index is 1.14. The zero-order valence-electron chi connectivity index (χ0n) is 29.5. The van der Waals surface area contributed by atoms with Gasteiger partial charge in [0, 0.05) is 43.7 Å². The molecule has 0 aliphatic rings. The number of hydrogen-bond acceptors (Lipinski definition) is 1. The standard InChI is InChI=1S/C50H29N5/c1-52-40-16-10-21-46-49(40)37-14-4-8-19-43(37)53(46)34-27-25-33(26-28-34)39-30-32(31-51)24-29-45(39)55-44-20-9-5-15-38(44)50-47(22-11-23-48(50)55)54-41-17-6-2-12-35(41)36-13-3-7-18-42(36)54/h2-30H. The first-order valence-corrected chi connectivity index (χ1v) is 18.3. The van der Waals surface area contributed by atoms with E-state index in [0.717, 1.165) is 66.4 Å². The highest BCUT2D eigenvalue weighted by atomic mass is 15.0. The van der Waals surface area contributed by atoms with Crippen LogP contribution in [0, 0.1) is 17.9 Å². The second kappa shape index (κ2) is 11.8. The quantitative estimate of drug-likeness (QED) is 0.169. The number of rotatable bonds is 4. The molecule has 3 heterocycles. The number of fused-ring (bicyclic) bond motifs is 9. The maximum Gasteiger partial charge on any atom is 0.197 e. The van der Waals surface area contributed by atoms with Crippen molar-refractivity contribution >= 4 is 71.1 Å². The van der Waals surface area contributed by atoms with Crippen LogP contribution in [0.1, 0.15) is 5.56 Å². The number of para-hydroxylation sites is 4. The number of nitrogens with zero attached hydrogens (tertiary/aromatic N) is 5. The minimum atomic E-state index is 0.601. The van der Waals surface area contributed by atoms with Crippen LogP contribution >= 0.6 is 0 Å². The van der Waals surface area contributed by atoms with E-state index in [4.69, 9.17) is 6.57 Å². The van der Waals surface area contributed by atoms with Crippen LogP contribution in [-0.2, 0) is 0 Å². The van der Waals surface area contributed by atoms with E-state index in [-0.39, 0.29) is 0 Å². The van der Waals surface area contributed by atoms with Crippen LogP contribution < -0.4 is 0 Å². The van der Waals surface area contributed by atoms with Gasteiger partial charge in [-0.05, 0) is 83.7 Å². The SMILES string of the molecule is [C-]#[N+]c1cccc2c1c1ccccc1n2-c1ccc(-c2cc(C#N)ccc2-n2c3ccccc3c3c(-n4c5ccccc5c5ccccc54)cccc32)cc1. The summed E-state index contributed by atoms with van der Waals surface area (Å²) in [6, 6.07) is 63.6. The summed E-state index contributed by atoms with van der Waals surface area (Å²) in [7, 11) is 0. The Bertz CT molecular complexity index is 3400. The topological polar surface area (TPSA) is 42.9 Å². The Kier molecular flexibility index (Phi) is 6.61. The molecule has 0 saturated carbocycles. The van der Waals surface area contributed by atoms with Crippen molar-refractivity contribution in [3.8, 4) is 34.3 Å². The van der Waals surface area contributed by atoms with Gasteiger partial charge in [-0.15, -0.1) is 0 Å². The zero-order valence-corrected chi connectivity index (χ0v) is 29.5. The average molecular weight is 700 g/mol. The van der Waals surface area contributed by atoms with Crippen LogP contribution in [0.3, 0.4) is 0 Å². The van der Waals surface area contributed by atoms with Gasteiger partial charge < -0.3 is 13.7 Å². The van der Waals surface area contributed by atoms with E-state index >= 15 is 0 Å². The lowest BCUT2D eigenvalue weighted by Crippen LogP contribution is -1.99. The van der Waals surface area contributed by atoms with E-state index in [9.17, 15) is 5.26 Å². The molecule has 0 spiro atoms. The molecule has 3 aromatic heterocycles. The third-order valence-electron chi connectivity index (χ3n) is 11.1. The van der Waals surface area contributed by atoms with Crippen LogP contribution in [0.15, 0.2) is 176 Å². The minimum absolute atomic E-state index is 0.601. The van der Waals surface area contributed by atoms with Gasteiger partial charge in [0.05, 0.1) is 57.2 Å². The molecule has 0 unspecified atom stereocenters. The summed E-state index contributed by atoms with van der Waals surface area (Å²) < 4.78 is 6.99. The van der Waals surface area contributed by atoms with Crippen molar-refractivity contribution in [3.05, 3.63) is 193 Å². The first-order valence-electron chi connectivity index (χ1n) is 18.3. The average Bonchev–Trinajstić information content (AvgIpc) is 3.89. The Morgan fingerprint density at radius 2 is 0.945 bits per heavy atom. The maximum absolute atomic E-state index is 10.1. The van der Waals surface area contributed by atoms with Gasteiger partial charge in [-0.1, -0.05) is 103 Å². The van der Waals surface area contributed by atoms with E-state index in [2.05, 4.69) is 164 Å². The molecule has 0 bridgehead atoms. The molecule has 254 valence electrons.